The van der Waals surface area contributed by atoms with Gasteiger partial charge in [-0.05, 0) is 24.6 Å². The summed E-state index contributed by atoms with van der Waals surface area (Å²) in [5, 5.41) is 9.77. The van der Waals surface area contributed by atoms with Gasteiger partial charge in [0.25, 0.3) is 0 Å². The number of halogens is 1. The Bertz CT molecular complexity index is 431. The summed E-state index contributed by atoms with van der Waals surface area (Å²) in [4.78, 5) is 11.2. The van der Waals surface area contributed by atoms with Gasteiger partial charge in [0, 0.05) is 6.42 Å². The summed E-state index contributed by atoms with van der Waals surface area (Å²) in [7, 11) is 0. The Morgan fingerprint density at radius 2 is 2.35 bits per heavy atom. The zero-order chi connectivity index (χ0) is 12.4. The quantitative estimate of drug-likeness (QED) is 0.842. The van der Waals surface area contributed by atoms with E-state index in [-0.39, 0.29) is 5.97 Å². The van der Waals surface area contributed by atoms with Gasteiger partial charge < -0.3 is 14.6 Å². The molecule has 1 aromatic carbocycles. The summed E-state index contributed by atoms with van der Waals surface area (Å²) in [5.41, 5.74) is 0.705. The van der Waals surface area contributed by atoms with Crippen LogP contribution >= 0.6 is 11.6 Å². The van der Waals surface area contributed by atoms with Crippen LogP contribution in [0.1, 0.15) is 25.0 Å². The van der Waals surface area contributed by atoms with Crippen LogP contribution in [0.5, 0.6) is 5.75 Å². The minimum absolute atomic E-state index is 0.360. The Balaban J connectivity index is 2.14. The monoisotopic (exact) mass is 256 g/mol. The zero-order valence-electron chi connectivity index (χ0n) is 9.35. The standard InChI is InChI=1S/C12H13ClO4/c1-7(14)8-2-3-10(9(13)6-8)17-11-4-5-16-12(11)15/h2-3,6-7,11,14H,4-5H2,1H3/t7-,11?/m1/s1. The lowest BCUT2D eigenvalue weighted by atomic mass is 10.1. The van der Waals surface area contributed by atoms with Crippen molar-refractivity contribution in [3.63, 3.8) is 0 Å². The average Bonchev–Trinajstić information content (AvgIpc) is 2.67. The van der Waals surface area contributed by atoms with Gasteiger partial charge in [-0.25, -0.2) is 4.79 Å². The molecule has 1 saturated heterocycles. The molecule has 1 aromatic rings. The molecule has 1 aliphatic heterocycles. The van der Waals surface area contributed by atoms with Crippen LogP contribution in [0, 0.1) is 0 Å². The fourth-order valence-corrected chi connectivity index (χ4v) is 1.84. The van der Waals surface area contributed by atoms with Gasteiger partial charge in [-0.2, -0.15) is 0 Å². The van der Waals surface area contributed by atoms with Gasteiger partial charge in [0.05, 0.1) is 17.7 Å². The van der Waals surface area contributed by atoms with Crippen LogP contribution in [0.4, 0.5) is 0 Å². The first-order chi connectivity index (χ1) is 8.08. The third-order valence-electron chi connectivity index (χ3n) is 2.59. The molecule has 0 saturated carbocycles. The van der Waals surface area contributed by atoms with Crippen LogP contribution in [0.3, 0.4) is 0 Å². The second kappa shape index (κ2) is 4.94. The predicted molar refractivity (Wildman–Crippen MR) is 62.1 cm³/mol. The Morgan fingerprint density at radius 3 is 2.88 bits per heavy atom. The van der Waals surface area contributed by atoms with Crippen LogP contribution < -0.4 is 4.74 Å². The highest BCUT2D eigenvalue weighted by atomic mass is 35.5. The molecule has 1 fully saturated rings. The van der Waals surface area contributed by atoms with Gasteiger partial charge in [0.1, 0.15) is 5.75 Å². The van der Waals surface area contributed by atoms with Crippen LogP contribution in [0.15, 0.2) is 18.2 Å². The van der Waals surface area contributed by atoms with E-state index < -0.39 is 12.2 Å². The maximum atomic E-state index is 11.2. The first-order valence-electron chi connectivity index (χ1n) is 5.38. The molecule has 4 nitrogen and oxygen atoms in total. The summed E-state index contributed by atoms with van der Waals surface area (Å²) in [6, 6.07) is 4.99. The van der Waals surface area contributed by atoms with E-state index in [0.717, 1.165) is 0 Å². The lowest BCUT2D eigenvalue weighted by Crippen LogP contribution is -2.21. The normalized spacial score (nSPS) is 21.1. The Kier molecular flexibility index (Phi) is 3.54. The van der Waals surface area contributed by atoms with Crippen molar-refractivity contribution in [3.05, 3.63) is 28.8 Å². The van der Waals surface area contributed by atoms with E-state index in [2.05, 4.69) is 0 Å². The molecule has 1 heterocycles. The summed E-state index contributed by atoms with van der Waals surface area (Å²) in [6.45, 7) is 2.04. The first-order valence-corrected chi connectivity index (χ1v) is 5.76. The van der Waals surface area contributed by atoms with E-state index in [9.17, 15) is 9.90 Å². The minimum atomic E-state index is -0.585. The number of aliphatic hydroxyl groups excluding tert-OH is 1. The summed E-state index contributed by atoms with van der Waals surface area (Å²) < 4.78 is 10.3. The van der Waals surface area contributed by atoms with Crippen molar-refractivity contribution in [1.82, 2.24) is 0 Å². The van der Waals surface area contributed by atoms with Crippen LogP contribution in [0.25, 0.3) is 0 Å². The van der Waals surface area contributed by atoms with Crippen molar-refractivity contribution < 1.29 is 19.4 Å². The Labute approximate surface area is 104 Å². The van der Waals surface area contributed by atoms with Crippen molar-refractivity contribution in [2.45, 2.75) is 25.6 Å². The van der Waals surface area contributed by atoms with Gasteiger partial charge in [-0.3, -0.25) is 0 Å². The number of hydrogen-bond donors (Lipinski definition) is 1. The molecule has 0 aromatic heterocycles. The number of ether oxygens (including phenoxy) is 2. The number of carbonyl (C=O) groups excluding carboxylic acids is 1. The number of cyclic esters (lactones) is 1. The van der Waals surface area contributed by atoms with Crippen molar-refractivity contribution in [2.24, 2.45) is 0 Å². The molecule has 2 atom stereocenters. The van der Waals surface area contributed by atoms with E-state index in [1.54, 1.807) is 25.1 Å². The lowest BCUT2D eigenvalue weighted by molar-refractivity contribution is -0.143. The molecule has 92 valence electrons. The molecule has 0 amide bonds. The second-order valence-corrected chi connectivity index (χ2v) is 4.34. The zero-order valence-corrected chi connectivity index (χ0v) is 10.1. The number of aliphatic hydroxyl groups is 1. The molecule has 0 bridgehead atoms. The summed E-state index contributed by atoms with van der Waals surface area (Å²) >= 11 is 6.01. The van der Waals surface area contributed by atoms with Crippen molar-refractivity contribution >= 4 is 17.6 Å². The van der Waals surface area contributed by atoms with Gasteiger partial charge in [-0.15, -0.1) is 0 Å². The highest BCUT2D eigenvalue weighted by molar-refractivity contribution is 6.32. The fourth-order valence-electron chi connectivity index (χ4n) is 1.61. The van der Waals surface area contributed by atoms with E-state index in [0.29, 0.717) is 29.4 Å². The van der Waals surface area contributed by atoms with Gasteiger partial charge in [0.15, 0.2) is 6.10 Å². The largest absolute Gasteiger partial charge is 0.477 e. The van der Waals surface area contributed by atoms with Gasteiger partial charge in [-0.1, -0.05) is 17.7 Å². The van der Waals surface area contributed by atoms with Crippen molar-refractivity contribution in [1.29, 1.82) is 0 Å². The third-order valence-corrected chi connectivity index (χ3v) is 2.89. The average molecular weight is 257 g/mol. The molecule has 1 aliphatic rings. The first kappa shape index (κ1) is 12.2. The maximum absolute atomic E-state index is 11.2. The Hall–Kier alpha value is -1.26. The SMILES string of the molecule is C[C@@H](O)c1ccc(OC2CCOC2=O)c(Cl)c1. The third kappa shape index (κ3) is 2.70. The van der Waals surface area contributed by atoms with E-state index in [4.69, 9.17) is 21.1 Å². The van der Waals surface area contributed by atoms with Crippen LogP contribution in [-0.4, -0.2) is 23.8 Å². The number of rotatable bonds is 3. The van der Waals surface area contributed by atoms with Crippen LogP contribution in [0.2, 0.25) is 5.02 Å². The van der Waals surface area contributed by atoms with Crippen LogP contribution in [-0.2, 0) is 9.53 Å². The summed E-state index contributed by atoms with van der Waals surface area (Å²) in [5.74, 6) is 0.0700. The molecule has 2 rings (SSSR count). The molecule has 17 heavy (non-hydrogen) atoms. The molecule has 5 heteroatoms. The lowest BCUT2D eigenvalue weighted by Gasteiger charge is -2.13. The number of carbonyl (C=O) groups is 1. The van der Waals surface area contributed by atoms with Gasteiger partial charge >= 0.3 is 5.97 Å². The van der Waals surface area contributed by atoms with Crippen molar-refractivity contribution in [3.8, 4) is 5.75 Å². The molecule has 0 spiro atoms. The molecular formula is C12H13ClO4. The number of benzene rings is 1. The second-order valence-electron chi connectivity index (χ2n) is 3.93. The maximum Gasteiger partial charge on any atom is 0.347 e. The van der Waals surface area contributed by atoms with E-state index >= 15 is 0 Å². The number of esters is 1. The van der Waals surface area contributed by atoms with Gasteiger partial charge in [0.2, 0.25) is 0 Å². The molecule has 0 radical (unpaired) electrons. The molecule has 1 unspecified atom stereocenters. The van der Waals surface area contributed by atoms with E-state index in [1.165, 1.54) is 0 Å². The topological polar surface area (TPSA) is 55.8 Å². The highest BCUT2D eigenvalue weighted by Gasteiger charge is 2.28. The highest BCUT2D eigenvalue weighted by Crippen LogP contribution is 2.29. The van der Waals surface area contributed by atoms with E-state index in [1.807, 2.05) is 0 Å². The van der Waals surface area contributed by atoms with Crippen molar-refractivity contribution in [2.75, 3.05) is 6.61 Å². The smallest absolute Gasteiger partial charge is 0.347 e. The molecular weight excluding hydrogens is 244 g/mol. The fraction of sp³-hybridized carbons (Fsp3) is 0.417. The minimum Gasteiger partial charge on any atom is -0.477 e. The summed E-state index contributed by atoms with van der Waals surface area (Å²) in [6.07, 6.45) is -0.629. The number of hydrogen-bond acceptors (Lipinski definition) is 4. The Morgan fingerprint density at radius 1 is 1.59 bits per heavy atom. The predicted octanol–water partition coefficient (Wildman–Crippen LogP) is 2.09. The molecule has 1 N–H and O–H groups in total. The molecule has 0 aliphatic carbocycles.